The van der Waals surface area contributed by atoms with Crippen molar-refractivity contribution in [3.8, 4) is 0 Å². The van der Waals surface area contributed by atoms with Crippen LogP contribution in [-0.2, 0) is 82.8 Å². The van der Waals surface area contributed by atoms with Crippen LogP contribution in [0.4, 0.5) is 0 Å². The summed E-state index contributed by atoms with van der Waals surface area (Å²) in [6.07, 6.45) is 22.7. The van der Waals surface area contributed by atoms with Gasteiger partial charge in [0.15, 0.2) is 11.7 Å². The van der Waals surface area contributed by atoms with E-state index in [4.69, 9.17) is 45.6 Å². The number of carbonyl (C=O) groups is 10. The molecule has 17 atom stereocenters. The number of amides is 4. The number of aliphatic hydroxyl groups excluding tert-OH is 3. The van der Waals surface area contributed by atoms with Gasteiger partial charge in [0, 0.05) is 102 Å². The van der Waals surface area contributed by atoms with Crippen LogP contribution < -0.4 is 33.2 Å². The van der Waals surface area contributed by atoms with Crippen LogP contribution >= 0.6 is 0 Å². The Morgan fingerprint density at radius 2 is 1.53 bits per heavy atom. The summed E-state index contributed by atoms with van der Waals surface area (Å²) in [7, 11) is 4.52. The third-order valence-corrected chi connectivity index (χ3v) is 23.3. The Labute approximate surface area is 700 Å². The molecule has 1 aromatic heterocycles. The minimum atomic E-state index is -2.43. The Morgan fingerprint density at radius 3 is 2.21 bits per heavy atom. The van der Waals surface area contributed by atoms with Crippen LogP contribution in [0.2, 0.25) is 0 Å². The number of Topliss-reactive ketones (excluding diaryl/α,β-unsaturated/α-hetero) is 4. The van der Waals surface area contributed by atoms with E-state index in [-0.39, 0.29) is 73.1 Å². The van der Waals surface area contributed by atoms with Crippen molar-refractivity contribution in [2.45, 2.75) is 297 Å². The molecule has 30 heteroatoms. The van der Waals surface area contributed by atoms with Gasteiger partial charge in [-0.05, 0) is 202 Å². The molecule has 666 valence electrons. The number of nitrogens with two attached hydrogens (primary N) is 3. The maximum absolute atomic E-state index is 14.4. The highest BCUT2D eigenvalue weighted by atomic mass is 16.6. The average Bonchev–Trinajstić information content (AvgIpc) is 1.47. The van der Waals surface area contributed by atoms with Crippen LogP contribution in [0.1, 0.15) is 229 Å². The van der Waals surface area contributed by atoms with E-state index in [2.05, 4.69) is 25.9 Å². The summed E-state index contributed by atoms with van der Waals surface area (Å²) in [5.41, 5.74) is 17.5. The first kappa shape index (κ1) is 103. The molecule has 1 aromatic rings. The lowest BCUT2D eigenvalue weighted by Gasteiger charge is -2.42. The van der Waals surface area contributed by atoms with E-state index >= 15 is 0 Å². The van der Waals surface area contributed by atoms with E-state index in [1.165, 1.54) is 16.9 Å². The molecule has 1 aliphatic carbocycles. The fourth-order valence-corrected chi connectivity index (χ4v) is 15.3. The Morgan fingerprint density at radius 1 is 0.814 bits per heavy atom. The Hall–Kier alpha value is -7.52. The van der Waals surface area contributed by atoms with E-state index < -0.39 is 125 Å². The number of guanidine groups is 1. The lowest BCUT2D eigenvalue weighted by Crippen LogP contribution is -2.61. The van der Waals surface area contributed by atoms with E-state index in [1.807, 2.05) is 77.1 Å². The highest BCUT2D eigenvalue weighted by Gasteiger charge is 2.53. The summed E-state index contributed by atoms with van der Waals surface area (Å²) >= 11 is 0. The van der Waals surface area contributed by atoms with Crippen molar-refractivity contribution in [2.24, 2.45) is 63.1 Å². The molecule has 2 bridgehead atoms. The molecular formula is C88H144N10O20. The van der Waals surface area contributed by atoms with E-state index in [0.717, 1.165) is 75.6 Å². The van der Waals surface area contributed by atoms with Crippen LogP contribution in [0.3, 0.4) is 0 Å². The molecular weight excluding hydrogens is 1520 g/mol. The van der Waals surface area contributed by atoms with Crippen molar-refractivity contribution >= 4 is 64.7 Å². The lowest BCUT2D eigenvalue weighted by atomic mass is 9.78. The molecule has 6 rings (SSSR count). The highest BCUT2D eigenvalue weighted by Crippen LogP contribution is 2.38. The zero-order valence-corrected chi connectivity index (χ0v) is 72.7. The van der Waals surface area contributed by atoms with Gasteiger partial charge < -0.3 is 91.8 Å². The molecule has 4 fully saturated rings. The van der Waals surface area contributed by atoms with Gasteiger partial charge in [-0.15, -0.1) is 0 Å². The predicted octanol–water partition coefficient (Wildman–Crippen LogP) is 7.21. The fourth-order valence-electron chi connectivity index (χ4n) is 15.3. The number of nitrogens with one attached hydrogen (secondary N) is 3. The number of pyridine rings is 1. The molecule has 2 unspecified atom stereocenters. The highest BCUT2D eigenvalue weighted by molar-refractivity contribution is 6.39. The fraction of sp³-hybridized carbons (Fsp3) is 0.727. The molecule has 5 heterocycles. The zero-order chi connectivity index (χ0) is 87.7. The number of fused-ring (bicyclic) bond motifs is 3. The second kappa shape index (κ2) is 54.0. The largest absolute Gasteiger partial charge is 0.464 e. The number of methoxy groups -OCH3 is 3. The molecule has 3 saturated heterocycles. The van der Waals surface area contributed by atoms with Crippen molar-refractivity contribution in [3.63, 3.8) is 0 Å². The number of ketones is 4. The number of cyclic esters (lactones) is 1. The van der Waals surface area contributed by atoms with Crippen LogP contribution in [0.5, 0.6) is 0 Å². The first-order valence-corrected chi connectivity index (χ1v) is 42.9. The van der Waals surface area contributed by atoms with Crippen molar-refractivity contribution in [1.29, 1.82) is 0 Å². The average molecular weight is 1660 g/mol. The number of nitrogens with zero attached hydrogens (tertiary/aromatic N) is 4. The van der Waals surface area contributed by atoms with Crippen molar-refractivity contribution in [3.05, 3.63) is 77.7 Å². The standard InChI is InChI=1S/C51H79NO13.C20H28N2O4.C17H37N7O3/c1-30-16-12-11-13-17-31(2)42(61-8)28-38-21-19-36(7)51(60,65-38)48(57)49(58)52-23-15-14-18-39(52)50(59)64-43(33(4)26-37-20-22-40(53)44(27-37)62-9)29-41(54)32(3)25-35(6)46(56)47(63-10)45(55)34(5)24-30;1-4-20(2,3)17(23)18(24)22-12-6-10-16(22)19(25)26-13-7-9-15-8-5-11-21-14-15;18-9-7-11-21-10-5-6-12-22-15(26)16(27)24-14(25)8-3-1-2-4-13-23-17(19)20/h11-13,16-17,25,30,32-34,36-40,42-44,46-47,53,56,60H,14-15,18-24,26-29H2,1-10H3;5,8,11,14,16H,4,6-7,9-10,12-13H2,1-3H3;16,21,27H,1-13,18H2,(H,22,26)(H,24,25)(H4,19,20,23)/b13-11?,16-12+,31-17?,35-25+;;/t30-,32-,33-,34-,36-,37+,38+,39+,40-,42+,43+,44-,46-,47+,51-;;/m1../s1. The van der Waals surface area contributed by atoms with Crippen LogP contribution in [0.25, 0.3) is 0 Å². The summed E-state index contributed by atoms with van der Waals surface area (Å²) in [5.74, 6) is -10.2. The normalized spacial score (nSPS) is 28.0. The predicted molar refractivity (Wildman–Crippen MR) is 449 cm³/mol. The molecule has 118 heavy (non-hydrogen) atoms. The van der Waals surface area contributed by atoms with Gasteiger partial charge >= 0.3 is 11.9 Å². The number of carbonyl (C=O) groups excluding carboxylic acids is 10. The minimum Gasteiger partial charge on any atom is -0.464 e. The minimum absolute atomic E-state index is 0.0193. The quantitative estimate of drug-likeness (QED) is 0.00667. The van der Waals surface area contributed by atoms with E-state index in [1.54, 1.807) is 67.3 Å². The summed E-state index contributed by atoms with van der Waals surface area (Å²) in [5, 5.41) is 51.7. The van der Waals surface area contributed by atoms with Gasteiger partial charge in [0.05, 0.1) is 31.0 Å². The SMILES string of the molecule is CCC(C)(C)C(=O)C(=O)N1CCCC1C(=O)OCCCc1cccnc1.CO[C@H]1C[C@@H]2CC[C@@H](C)[C@@](O)(O2)C(=O)C(=O)N2CCCC[C@H]2C(=O)O[C@H]([C@H](C)C[C@@H]2CC[C@@H](O)[C@H](OC)C2)CC(=O)[C@H](C)/C=C(\C)[C@@H](O)[C@@H](OC)C(=O)[C@H](C)C[C@H](C)/C=C/C=CC=C1C.NCCCNCCCCNC(=O)C(O)NC(=O)CCCCCCN=C(N)N. The van der Waals surface area contributed by atoms with Crippen molar-refractivity contribution < 1.29 is 96.8 Å². The topological polar surface area (TPSA) is 453 Å². The van der Waals surface area contributed by atoms with Crippen LogP contribution in [0, 0.1) is 40.9 Å². The summed E-state index contributed by atoms with van der Waals surface area (Å²) < 4.78 is 34.7. The van der Waals surface area contributed by atoms with Gasteiger partial charge in [0.25, 0.3) is 23.5 Å². The van der Waals surface area contributed by atoms with Gasteiger partial charge in [0.1, 0.15) is 36.2 Å². The number of aromatic nitrogens is 1. The summed E-state index contributed by atoms with van der Waals surface area (Å²) in [6, 6.07) is 2.07. The molecule has 4 aliphatic heterocycles. The number of ether oxygens (including phenoxy) is 6. The molecule has 0 aromatic carbocycles. The number of hydrogen-bond donors (Lipinski definition) is 10. The Kier molecular flexibility index (Phi) is 47.0. The number of rotatable bonds is 31. The number of likely N-dealkylation sites (tertiary alicyclic amines) is 1. The number of aliphatic imine (C=N–C) groups is 1. The smallest absolute Gasteiger partial charge is 0.329 e. The summed E-state index contributed by atoms with van der Waals surface area (Å²) in [6.45, 7) is 22.3. The molecule has 0 spiro atoms. The van der Waals surface area contributed by atoms with Gasteiger partial charge in [-0.1, -0.05) is 111 Å². The Bertz CT molecular complexity index is 3460. The number of unbranched alkanes of at least 4 members (excludes halogenated alkanes) is 4. The molecule has 13 N–H and O–H groups in total. The first-order valence-electron chi connectivity index (χ1n) is 42.9. The lowest BCUT2D eigenvalue weighted by molar-refractivity contribution is -0.265. The van der Waals surface area contributed by atoms with E-state index in [0.29, 0.717) is 128 Å². The van der Waals surface area contributed by atoms with Gasteiger partial charge in [-0.2, -0.15) is 0 Å². The van der Waals surface area contributed by atoms with Gasteiger partial charge in [-0.3, -0.25) is 48.3 Å². The third kappa shape index (κ3) is 34.5. The number of piperidine rings is 1. The number of allylic oxidation sites excluding steroid dienone is 6. The maximum atomic E-state index is 14.4. The van der Waals surface area contributed by atoms with Gasteiger partial charge in [0.2, 0.25) is 23.7 Å². The van der Waals surface area contributed by atoms with Crippen molar-refractivity contribution in [1.82, 2.24) is 30.7 Å². The Balaban J connectivity index is 0.000000451. The summed E-state index contributed by atoms with van der Waals surface area (Å²) in [4.78, 5) is 142. The van der Waals surface area contributed by atoms with Crippen LogP contribution in [0.15, 0.2) is 77.1 Å². The zero-order valence-electron chi connectivity index (χ0n) is 72.7. The molecule has 1 saturated carbocycles. The van der Waals surface area contributed by atoms with E-state index in [9.17, 15) is 68.4 Å². The van der Waals surface area contributed by atoms with Gasteiger partial charge in [-0.25, -0.2) is 9.59 Å². The number of hydrogen-bond acceptors (Lipinski definition) is 24. The third-order valence-electron chi connectivity index (χ3n) is 23.3. The second-order valence-electron chi connectivity index (χ2n) is 33.3. The molecule has 4 amide bonds. The molecule has 0 radical (unpaired) electrons. The monoisotopic (exact) mass is 1660 g/mol. The maximum Gasteiger partial charge on any atom is 0.329 e. The van der Waals surface area contributed by atoms with Crippen LogP contribution in [-0.4, -0.2) is 240 Å². The van der Waals surface area contributed by atoms with Crippen molar-refractivity contribution in [2.75, 3.05) is 73.7 Å². The molecule has 30 nitrogen and oxygen atoms in total. The molecule has 5 aliphatic rings. The first-order chi connectivity index (χ1) is 56.1. The number of aryl methyl sites for hydroxylation is 1. The number of esters is 2. The number of aliphatic hydroxyl groups is 4. The second-order valence-corrected chi connectivity index (χ2v) is 33.3.